The van der Waals surface area contributed by atoms with Crippen molar-refractivity contribution in [2.45, 2.75) is 126 Å². The molecule has 1 N–H and O–H groups in total. The number of hydrogen-bond acceptors (Lipinski definition) is 5. The van der Waals surface area contributed by atoms with Crippen LogP contribution in [0.15, 0.2) is 11.6 Å². The van der Waals surface area contributed by atoms with Gasteiger partial charge in [0.25, 0.3) is 0 Å². The number of aliphatic hydroxyl groups excluding tert-OH is 1. The van der Waals surface area contributed by atoms with Crippen molar-refractivity contribution in [3.8, 4) is 0 Å². The Morgan fingerprint density at radius 2 is 1.59 bits per heavy atom. The highest BCUT2D eigenvalue weighted by Gasteiger charge is 2.69. The first-order chi connectivity index (χ1) is 18.0. The second-order valence-electron chi connectivity index (χ2n) is 16.3. The molecule has 0 aromatic carbocycles. The fourth-order valence-corrected chi connectivity index (χ4v) is 11.3. The Bertz CT molecular complexity index is 1040. The summed E-state index contributed by atoms with van der Waals surface area (Å²) in [5.74, 6) is 0.627. The molecule has 5 heteroatoms. The summed E-state index contributed by atoms with van der Waals surface area (Å²) in [5, 5.41) is 11.1. The van der Waals surface area contributed by atoms with E-state index in [-0.39, 0.29) is 58.3 Å². The molecule has 39 heavy (non-hydrogen) atoms. The third kappa shape index (κ3) is 4.26. The van der Waals surface area contributed by atoms with Crippen molar-refractivity contribution in [1.29, 1.82) is 0 Å². The quantitative estimate of drug-likeness (QED) is 0.299. The van der Waals surface area contributed by atoms with Gasteiger partial charge in [0.05, 0.1) is 18.1 Å². The molecule has 0 unspecified atom stereocenters. The van der Waals surface area contributed by atoms with Gasteiger partial charge in [0.2, 0.25) is 0 Å². The smallest absolute Gasteiger partial charge is 0.344 e. The zero-order valence-corrected chi connectivity index (χ0v) is 26.0. The maximum absolute atomic E-state index is 13.9. The molecule has 0 aromatic heterocycles. The summed E-state index contributed by atoms with van der Waals surface area (Å²) in [6, 6.07) is 0. The fourth-order valence-electron chi connectivity index (χ4n) is 11.3. The highest BCUT2D eigenvalue weighted by Crippen LogP contribution is 2.75. The Balaban J connectivity index is 1.53. The number of hydrogen-bond donors (Lipinski definition) is 1. The van der Waals surface area contributed by atoms with Crippen molar-refractivity contribution in [1.82, 2.24) is 0 Å². The van der Waals surface area contributed by atoms with E-state index in [0.717, 1.165) is 51.4 Å². The molecule has 0 heterocycles. The van der Waals surface area contributed by atoms with E-state index < -0.39 is 11.4 Å². The monoisotopic (exact) mass is 542 g/mol. The molecule has 0 spiro atoms. The van der Waals surface area contributed by atoms with Crippen LogP contribution in [0.3, 0.4) is 0 Å². The van der Waals surface area contributed by atoms with Gasteiger partial charge in [-0.2, -0.15) is 0 Å². The number of esters is 2. The molecule has 0 saturated heterocycles. The summed E-state index contributed by atoms with van der Waals surface area (Å²) in [5.41, 5.74) is 1.49. The summed E-state index contributed by atoms with van der Waals surface area (Å²) in [6.45, 7) is 18.8. The lowest BCUT2D eigenvalue weighted by Gasteiger charge is -2.71. The van der Waals surface area contributed by atoms with Crippen molar-refractivity contribution in [3.63, 3.8) is 0 Å². The van der Waals surface area contributed by atoms with E-state index in [0.29, 0.717) is 11.8 Å². The van der Waals surface area contributed by atoms with Gasteiger partial charge < -0.3 is 14.6 Å². The first-order valence-electron chi connectivity index (χ1n) is 15.8. The molecule has 0 amide bonds. The highest BCUT2D eigenvalue weighted by molar-refractivity contribution is 5.81. The van der Waals surface area contributed by atoms with Crippen LogP contribution in [0, 0.1) is 50.2 Å². The maximum Gasteiger partial charge on any atom is 0.344 e. The van der Waals surface area contributed by atoms with Crippen molar-refractivity contribution in [2.24, 2.45) is 50.2 Å². The average molecular weight is 543 g/mol. The number of allylic oxidation sites excluding steroid dienone is 2. The number of ether oxygens (including phenoxy) is 2. The third-order valence-corrected chi connectivity index (χ3v) is 13.3. The SMILES string of the molecule is CCOC(=O)COC(=O)[C@]12CCC(C)(C)C[C@H]1C1=CC[C@@H]3[C@@]4(C)C[C@H](O)CC(C)(C)[C@@H]4CC[C@@]3(C)[C@]1(C)CC2. The molecular formula is C34H54O5. The lowest BCUT2D eigenvalue weighted by Crippen LogP contribution is -2.64. The van der Waals surface area contributed by atoms with Gasteiger partial charge >= 0.3 is 11.9 Å². The number of carbonyl (C=O) groups excluding carboxylic acids is 2. The van der Waals surface area contributed by atoms with Gasteiger partial charge in [-0.25, -0.2) is 4.79 Å². The Morgan fingerprint density at radius 3 is 2.28 bits per heavy atom. The predicted molar refractivity (Wildman–Crippen MR) is 153 cm³/mol. The van der Waals surface area contributed by atoms with Crippen LogP contribution in [0.1, 0.15) is 120 Å². The Morgan fingerprint density at radius 1 is 0.897 bits per heavy atom. The topological polar surface area (TPSA) is 72.8 Å². The van der Waals surface area contributed by atoms with Crippen molar-refractivity contribution in [3.05, 3.63) is 11.6 Å². The van der Waals surface area contributed by atoms with Gasteiger partial charge in [-0.3, -0.25) is 4.79 Å². The first-order valence-corrected chi connectivity index (χ1v) is 15.8. The molecule has 0 aliphatic heterocycles. The summed E-state index contributed by atoms with van der Waals surface area (Å²) in [4.78, 5) is 25.9. The molecule has 5 nitrogen and oxygen atoms in total. The van der Waals surface area contributed by atoms with Crippen LogP contribution < -0.4 is 0 Å². The summed E-state index contributed by atoms with van der Waals surface area (Å²) in [6.07, 6.45) is 12.2. The molecule has 4 saturated carbocycles. The second kappa shape index (κ2) is 9.33. The normalized spacial score (nSPS) is 45.9. The molecule has 5 rings (SSSR count). The molecule has 0 aromatic rings. The minimum atomic E-state index is -0.555. The first kappa shape index (κ1) is 29.1. The van der Waals surface area contributed by atoms with Crippen molar-refractivity contribution < 1.29 is 24.2 Å². The summed E-state index contributed by atoms with van der Waals surface area (Å²) in [7, 11) is 0. The zero-order chi connectivity index (χ0) is 28.6. The molecule has 220 valence electrons. The number of carbonyl (C=O) groups is 2. The van der Waals surface area contributed by atoms with Crippen molar-refractivity contribution >= 4 is 11.9 Å². The van der Waals surface area contributed by atoms with Gasteiger partial charge in [-0.05, 0) is 116 Å². The van der Waals surface area contributed by atoms with Gasteiger partial charge in [0.1, 0.15) is 0 Å². The van der Waals surface area contributed by atoms with Crippen LogP contribution in [0.2, 0.25) is 0 Å². The number of aliphatic hydroxyl groups is 1. The number of rotatable bonds is 4. The molecule has 0 radical (unpaired) electrons. The highest BCUT2D eigenvalue weighted by atomic mass is 16.6. The Hall–Kier alpha value is -1.36. The van der Waals surface area contributed by atoms with Crippen LogP contribution in [-0.4, -0.2) is 36.4 Å². The third-order valence-electron chi connectivity index (χ3n) is 13.3. The van der Waals surface area contributed by atoms with Crippen LogP contribution in [-0.2, 0) is 19.1 Å². The van der Waals surface area contributed by atoms with E-state index in [9.17, 15) is 14.7 Å². The summed E-state index contributed by atoms with van der Waals surface area (Å²) >= 11 is 0. The molecule has 5 aliphatic rings. The van der Waals surface area contributed by atoms with E-state index >= 15 is 0 Å². The fraction of sp³-hybridized carbons (Fsp3) is 0.882. The maximum atomic E-state index is 13.9. The molecule has 4 fully saturated rings. The lowest BCUT2D eigenvalue weighted by molar-refractivity contribution is -0.202. The zero-order valence-electron chi connectivity index (χ0n) is 26.0. The second-order valence-corrected chi connectivity index (χ2v) is 16.3. The Labute approximate surface area is 236 Å². The Kier molecular flexibility index (Phi) is 6.97. The molecular weight excluding hydrogens is 488 g/mol. The van der Waals surface area contributed by atoms with Crippen LogP contribution >= 0.6 is 0 Å². The van der Waals surface area contributed by atoms with E-state index in [1.165, 1.54) is 18.4 Å². The van der Waals surface area contributed by atoms with E-state index in [1.54, 1.807) is 6.92 Å². The van der Waals surface area contributed by atoms with Gasteiger partial charge in [0.15, 0.2) is 6.61 Å². The number of fused-ring (bicyclic) bond motifs is 7. The largest absolute Gasteiger partial charge is 0.463 e. The van der Waals surface area contributed by atoms with Crippen LogP contribution in [0.4, 0.5) is 0 Å². The van der Waals surface area contributed by atoms with Gasteiger partial charge in [-0.15, -0.1) is 0 Å². The van der Waals surface area contributed by atoms with E-state index in [1.807, 2.05) is 0 Å². The van der Waals surface area contributed by atoms with E-state index in [2.05, 4.69) is 54.5 Å². The lowest BCUT2D eigenvalue weighted by atomic mass is 9.33. The van der Waals surface area contributed by atoms with Crippen molar-refractivity contribution in [2.75, 3.05) is 13.2 Å². The predicted octanol–water partition coefficient (Wildman–Crippen LogP) is 7.26. The van der Waals surface area contributed by atoms with Gasteiger partial charge in [0, 0.05) is 0 Å². The van der Waals surface area contributed by atoms with Gasteiger partial charge in [-0.1, -0.05) is 60.1 Å². The van der Waals surface area contributed by atoms with Crippen LogP contribution in [0.25, 0.3) is 0 Å². The minimum Gasteiger partial charge on any atom is -0.463 e. The average Bonchev–Trinajstić information content (AvgIpc) is 2.81. The molecule has 8 atom stereocenters. The minimum absolute atomic E-state index is 0.0133. The summed E-state index contributed by atoms with van der Waals surface area (Å²) < 4.78 is 10.8. The standard InChI is InChI=1S/C34H54O5/c1-9-38-27(36)21-39-28(37)34-16-14-29(2,3)20-24(34)23-10-11-26-31(6)19-22(35)18-30(4,5)25(31)12-13-33(26,8)32(23,7)15-17-34/h10,22,24-26,35H,9,11-21H2,1-8H3/t22-,24+,25+,26-,31+,32-,33-,34+/m1/s1. The van der Waals surface area contributed by atoms with Crippen LogP contribution in [0.5, 0.6) is 0 Å². The molecule has 0 bridgehead atoms. The van der Waals surface area contributed by atoms with E-state index in [4.69, 9.17) is 9.47 Å². The molecule has 5 aliphatic carbocycles.